The van der Waals surface area contributed by atoms with Crippen molar-refractivity contribution in [1.29, 1.82) is 0 Å². The quantitative estimate of drug-likeness (QED) is 0.750. The third kappa shape index (κ3) is 3.89. The summed E-state index contributed by atoms with van der Waals surface area (Å²) in [7, 11) is -3.89. The highest BCUT2D eigenvalue weighted by Gasteiger charge is 2.26. The maximum atomic E-state index is 13.7. The minimum absolute atomic E-state index is 0.0742. The first-order valence-electron chi connectivity index (χ1n) is 5.93. The molecule has 0 spiro atoms. The van der Waals surface area contributed by atoms with Crippen LogP contribution in [0.1, 0.15) is 13.8 Å². The van der Waals surface area contributed by atoms with Crippen molar-refractivity contribution >= 4 is 21.7 Å². The standard InChI is InChI=1S/C12H15F2NO4S/c1-3-19-12(16)8-15(20(17,18)4-2)11-6-5-9(13)7-10(11)14/h5-7H,3-4,8H2,1-2H3. The van der Waals surface area contributed by atoms with Gasteiger partial charge < -0.3 is 4.74 Å². The molecule has 0 aliphatic carbocycles. The number of halogens is 2. The van der Waals surface area contributed by atoms with Gasteiger partial charge in [0.05, 0.1) is 18.0 Å². The number of sulfonamides is 1. The fourth-order valence-electron chi connectivity index (χ4n) is 1.50. The second-order valence-electron chi connectivity index (χ2n) is 3.81. The fraction of sp³-hybridized carbons (Fsp3) is 0.417. The highest BCUT2D eigenvalue weighted by Crippen LogP contribution is 2.23. The molecular formula is C12H15F2NO4S. The molecule has 8 heteroatoms. The minimum Gasteiger partial charge on any atom is -0.465 e. The van der Waals surface area contributed by atoms with E-state index in [0.717, 1.165) is 12.1 Å². The van der Waals surface area contributed by atoms with Crippen LogP contribution in [0.5, 0.6) is 0 Å². The van der Waals surface area contributed by atoms with E-state index < -0.39 is 34.2 Å². The zero-order valence-electron chi connectivity index (χ0n) is 11.1. The van der Waals surface area contributed by atoms with Crippen LogP contribution in [-0.4, -0.2) is 33.3 Å². The Kier molecular flexibility index (Phi) is 5.43. The number of esters is 1. The largest absolute Gasteiger partial charge is 0.465 e. The second kappa shape index (κ2) is 6.65. The van der Waals surface area contributed by atoms with Gasteiger partial charge in [0.1, 0.15) is 18.2 Å². The summed E-state index contributed by atoms with van der Waals surface area (Å²) in [6.45, 7) is 2.33. The van der Waals surface area contributed by atoms with E-state index in [1.807, 2.05) is 0 Å². The Bertz CT molecular complexity index is 589. The van der Waals surface area contributed by atoms with Crippen LogP contribution in [0.15, 0.2) is 18.2 Å². The van der Waals surface area contributed by atoms with Crippen molar-refractivity contribution in [2.24, 2.45) is 0 Å². The molecule has 1 aromatic rings. The Morgan fingerprint density at radius 3 is 2.45 bits per heavy atom. The maximum Gasteiger partial charge on any atom is 0.326 e. The predicted molar refractivity (Wildman–Crippen MR) is 69.8 cm³/mol. The van der Waals surface area contributed by atoms with Gasteiger partial charge in [-0.2, -0.15) is 0 Å². The van der Waals surface area contributed by atoms with Gasteiger partial charge in [-0.3, -0.25) is 9.10 Å². The van der Waals surface area contributed by atoms with E-state index in [0.29, 0.717) is 10.4 Å². The molecule has 0 aliphatic rings. The topological polar surface area (TPSA) is 63.7 Å². The number of hydrogen-bond donors (Lipinski definition) is 0. The minimum atomic E-state index is -3.89. The lowest BCUT2D eigenvalue weighted by molar-refractivity contribution is -0.141. The van der Waals surface area contributed by atoms with Gasteiger partial charge in [0.25, 0.3) is 0 Å². The molecule has 5 nitrogen and oxygen atoms in total. The lowest BCUT2D eigenvalue weighted by Gasteiger charge is -2.23. The molecule has 0 saturated carbocycles. The van der Waals surface area contributed by atoms with Crippen LogP contribution in [0, 0.1) is 11.6 Å². The van der Waals surface area contributed by atoms with Crippen molar-refractivity contribution in [1.82, 2.24) is 0 Å². The van der Waals surface area contributed by atoms with Crippen molar-refractivity contribution in [3.05, 3.63) is 29.8 Å². The molecule has 0 fully saturated rings. The predicted octanol–water partition coefficient (Wildman–Crippen LogP) is 1.68. The van der Waals surface area contributed by atoms with E-state index >= 15 is 0 Å². The molecule has 0 unspecified atom stereocenters. The van der Waals surface area contributed by atoms with Gasteiger partial charge in [-0.25, -0.2) is 17.2 Å². The van der Waals surface area contributed by atoms with Gasteiger partial charge in [0, 0.05) is 6.07 Å². The molecule has 0 aromatic heterocycles. The molecule has 0 N–H and O–H groups in total. The monoisotopic (exact) mass is 307 g/mol. The SMILES string of the molecule is CCOC(=O)CN(c1ccc(F)cc1F)S(=O)(=O)CC. The normalized spacial score (nSPS) is 11.2. The van der Waals surface area contributed by atoms with Gasteiger partial charge in [0.15, 0.2) is 0 Å². The van der Waals surface area contributed by atoms with E-state index in [1.165, 1.54) is 6.92 Å². The number of ether oxygens (including phenoxy) is 1. The van der Waals surface area contributed by atoms with Gasteiger partial charge in [-0.1, -0.05) is 0 Å². The molecule has 1 aromatic carbocycles. The summed E-state index contributed by atoms with van der Waals surface area (Å²) >= 11 is 0. The van der Waals surface area contributed by atoms with E-state index in [4.69, 9.17) is 0 Å². The van der Waals surface area contributed by atoms with E-state index in [-0.39, 0.29) is 18.0 Å². The number of benzene rings is 1. The molecule has 0 radical (unpaired) electrons. The molecule has 1 rings (SSSR count). The first-order chi connectivity index (χ1) is 9.31. The third-order valence-corrected chi connectivity index (χ3v) is 4.18. The summed E-state index contributed by atoms with van der Waals surface area (Å²) in [5, 5.41) is 0. The molecule has 0 bridgehead atoms. The zero-order valence-corrected chi connectivity index (χ0v) is 11.9. The molecule has 0 saturated heterocycles. The van der Waals surface area contributed by atoms with Crippen molar-refractivity contribution in [3.8, 4) is 0 Å². The Labute approximate surface area is 116 Å². The molecule has 20 heavy (non-hydrogen) atoms. The van der Waals surface area contributed by atoms with Crippen molar-refractivity contribution in [2.45, 2.75) is 13.8 Å². The highest BCUT2D eigenvalue weighted by atomic mass is 32.2. The fourth-order valence-corrected chi connectivity index (χ4v) is 2.56. The Balaban J connectivity index is 3.20. The smallest absolute Gasteiger partial charge is 0.326 e. The Morgan fingerprint density at radius 1 is 1.30 bits per heavy atom. The van der Waals surface area contributed by atoms with E-state index in [2.05, 4.69) is 4.74 Å². The number of rotatable bonds is 6. The maximum absolute atomic E-state index is 13.7. The third-order valence-electron chi connectivity index (χ3n) is 2.46. The van der Waals surface area contributed by atoms with Crippen LogP contribution in [0.2, 0.25) is 0 Å². The number of hydrogen-bond acceptors (Lipinski definition) is 4. The zero-order chi connectivity index (χ0) is 15.3. The van der Waals surface area contributed by atoms with E-state index in [9.17, 15) is 22.0 Å². The van der Waals surface area contributed by atoms with Gasteiger partial charge in [-0.15, -0.1) is 0 Å². The summed E-state index contributed by atoms with van der Waals surface area (Å²) in [4.78, 5) is 11.4. The summed E-state index contributed by atoms with van der Waals surface area (Å²) in [5.41, 5.74) is -0.388. The summed E-state index contributed by atoms with van der Waals surface area (Å²) < 4.78 is 55.7. The lowest BCUT2D eigenvalue weighted by Crippen LogP contribution is -2.38. The molecule has 0 aliphatic heterocycles. The first-order valence-corrected chi connectivity index (χ1v) is 7.53. The van der Waals surface area contributed by atoms with Crippen LogP contribution in [0.3, 0.4) is 0 Å². The summed E-state index contributed by atoms with van der Waals surface area (Å²) in [5.74, 6) is -3.04. The number of carbonyl (C=O) groups excluding carboxylic acids is 1. The second-order valence-corrected chi connectivity index (χ2v) is 5.99. The highest BCUT2D eigenvalue weighted by molar-refractivity contribution is 7.92. The Hall–Kier alpha value is -1.70. The van der Waals surface area contributed by atoms with Crippen molar-refractivity contribution in [2.75, 3.05) is 23.2 Å². The van der Waals surface area contributed by atoms with Crippen LogP contribution in [0.4, 0.5) is 14.5 Å². The Morgan fingerprint density at radius 2 is 1.95 bits per heavy atom. The van der Waals surface area contributed by atoms with Crippen LogP contribution >= 0.6 is 0 Å². The van der Waals surface area contributed by atoms with Crippen LogP contribution < -0.4 is 4.31 Å². The van der Waals surface area contributed by atoms with Gasteiger partial charge in [-0.05, 0) is 26.0 Å². The average Bonchev–Trinajstić information content (AvgIpc) is 2.37. The molecule has 0 amide bonds. The lowest BCUT2D eigenvalue weighted by atomic mass is 10.3. The van der Waals surface area contributed by atoms with Crippen LogP contribution in [0.25, 0.3) is 0 Å². The summed E-state index contributed by atoms with van der Waals surface area (Å²) in [6.07, 6.45) is 0. The summed E-state index contributed by atoms with van der Waals surface area (Å²) in [6, 6.07) is 2.44. The molecule has 0 heterocycles. The molecular weight excluding hydrogens is 292 g/mol. The average molecular weight is 307 g/mol. The number of carbonyl (C=O) groups is 1. The van der Waals surface area contributed by atoms with E-state index in [1.54, 1.807) is 6.92 Å². The van der Waals surface area contributed by atoms with Crippen LogP contribution in [-0.2, 0) is 19.6 Å². The van der Waals surface area contributed by atoms with Gasteiger partial charge in [0.2, 0.25) is 10.0 Å². The van der Waals surface area contributed by atoms with Crippen molar-refractivity contribution in [3.63, 3.8) is 0 Å². The number of nitrogens with zero attached hydrogens (tertiary/aromatic N) is 1. The number of anilines is 1. The molecule has 112 valence electrons. The van der Waals surface area contributed by atoms with Gasteiger partial charge >= 0.3 is 5.97 Å². The molecule has 0 atom stereocenters. The first kappa shape index (κ1) is 16.4. The van der Waals surface area contributed by atoms with Crippen molar-refractivity contribution < 1.29 is 26.7 Å².